The van der Waals surface area contributed by atoms with Gasteiger partial charge in [0.05, 0.1) is 16.5 Å². The number of aliphatic hydroxyl groups excluding tert-OH is 1. The Morgan fingerprint density at radius 1 is 1.10 bits per heavy atom. The average molecular weight is 587 g/mol. The molecule has 2 N–H and O–H groups in total. The van der Waals surface area contributed by atoms with Crippen LogP contribution in [0.3, 0.4) is 0 Å². The summed E-state index contributed by atoms with van der Waals surface area (Å²) in [5.74, 6) is 0.432. The number of anilines is 1. The Bertz CT molecular complexity index is 1390. The molecule has 2 bridgehead atoms. The van der Waals surface area contributed by atoms with Crippen molar-refractivity contribution in [2.45, 2.75) is 76.3 Å². The molecule has 5 rings (SSSR count). The third-order valence-corrected chi connectivity index (χ3v) is 11.2. The molecule has 0 saturated heterocycles. The van der Waals surface area contributed by atoms with E-state index in [0.717, 1.165) is 56.4 Å². The fourth-order valence-corrected chi connectivity index (χ4v) is 7.12. The minimum atomic E-state index is -3.96. The van der Waals surface area contributed by atoms with Gasteiger partial charge in [-0.1, -0.05) is 29.8 Å². The smallest absolute Gasteiger partial charge is 0.264 e. The van der Waals surface area contributed by atoms with Crippen LogP contribution in [0.4, 0.5) is 5.69 Å². The number of sulfonamides is 1. The largest absolute Gasteiger partial charge is 0.487 e. The molecule has 0 unspecified atom stereocenters. The summed E-state index contributed by atoms with van der Waals surface area (Å²) in [7, 11) is -3.96. The van der Waals surface area contributed by atoms with Crippen LogP contribution in [0.5, 0.6) is 5.75 Å². The summed E-state index contributed by atoms with van der Waals surface area (Å²) in [5, 5.41) is 11.7. The number of nitrogens with one attached hydrogen (secondary N) is 1. The summed E-state index contributed by atoms with van der Waals surface area (Å²) < 4.78 is 33.9. The van der Waals surface area contributed by atoms with Gasteiger partial charge in [0.1, 0.15) is 12.4 Å². The van der Waals surface area contributed by atoms with Gasteiger partial charge in [0.25, 0.3) is 5.91 Å². The first-order valence-corrected chi connectivity index (χ1v) is 16.1. The highest BCUT2D eigenvalue weighted by molar-refractivity contribution is 7.91. The van der Waals surface area contributed by atoms with Gasteiger partial charge in [-0.05, 0) is 112 Å². The van der Waals surface area contributed by atoms with Crippen molar-refractivity contribution >= 4 is 33.2 Å². The molecule has 2 aromatic carbocycles. The molecule has 1 fully saturated rings. The second-order valence-electron chi connectivity index (χ2n) is 11.9. The molecule has 1 aliphatic carbocycles. The number of halogens is 1. The monoisotopic (exact) mass is 586 g/mol. The van der Waals surface area contributed by atoms with Gasteiger partial charge in [-0.3, -0.25) is 4.79 Å². The summed E-state index contributed by atoms with van der Waals surface area (Å²) in [5.41, 5.74) is 3.28. The molecule has 2 aromatic rings. The first kappa shape index (κ1) is 29.0. The van der Waals surface area contributed by atoms with Crippen LogP contribution in [0.2, 0.25) is 5.02 Å². The van der Waals surface area contributed by atoms with E-state index in [2.05, 4.69) is 9.62 Å². The van der Waals surface area contributed by atoms with Crippen molar-refractivity contribution < 1.29 is 23.1 Å². The maximum atomic E-state index is 13.3. The maximum absolute atomic E-state index is 13.3. The highest BCUT2D eigenvalue weighted by Gasteiger charge is 2.38. The first-order valence-electron chi connectivity index (χ1n) is 14.2. The van der Waals surface area contributed by atoms with Crippen molar-refractivity contribution in [3.8, 4) is 5.75 Å². The Hall–Kier alpha value is -2.55. The molecule has 3 atom stereocenters. The van der Waals surface area contributed by atoms with Crippen molar-refractivity contribution in [2.75, 3.05) is 18.0 Å². The number of benzene rings is 2. The van der Waals surface area contributed by atoms with Crippen LogP contribution in [0.1, 0.15) is 73.9 Å². The van der Waals surface area contributed by atoms with Gasteiger partial charge in [-0.15, -0.1) is 0 Å². The molecule has 3 aliphatic rings. The van der Waals surface area contributed by atoms with Crippen LogP contribution >= 0.6 is 11.6 Å². The van der Waals surface area contributed by atoms with Crippen molar-refractivity contribution in [2.24, 2.45) is 11.8 Å². The summed E-state index contributed by atoms with van der Waals surface area (Å²) in [4.78, 5) is 15.5. The summed E-state index contributed by atoms with van der Waals surface area (Å²) in [6.07, 6.45) is 8.68. The molecule has 7 nitrogen and oxygen atoms in total. The number of hydrogen-bond acceptors (Lipinski definition) is 6. The fourth-order valence-electron chi connectivity index (χ4n) is 5.90. The molecule has 0 spiro atoms. The standard InChI is InChI=1S/C31H39ClN2O5S/c1-31(2)15-5-3-8-28(35)26-13-10-23(26)19-34-16-6-4-7-21-17-25(32)12-9-24(21)20-39-29-14-11-22(18-27(29)34)30(36)33-40(31,37)38/h3,8-9,11-12,14,17-18,23,26,28,35H,4-7,10,13,15-16,19-20H2,1-2H3,(H,33,36)/b8-3+/t23-,26+,28-/m0/s1. The van der Waals surface area contributed by atoms with Crippen molar-refractivity contribution in [1.29, 1.82) is 0 Å². The van der Waals surface area contributed by atoms with Crippen molar-refractivity contribution in [3.63, 3.8) is 0 Å². The number of allylic oxidation sites excluding steroid dienone is 1. The Morgan fingerprint density at radius 3 is 2.70 bits per heavy atom. The first-order chi connectivity index (χ1) is 19.0. The van der Waals surface area contributed by atoms with Crippen LogP contribution in [-0.4, -0.2) is 43.4 Å². The number of amides is 1. The maximum Gasteiger partial charge on any atom is 0.264 e. The zero-order chi connectivity index (χ0) is 28.5. The van der Waals surface area contributed by atoms with Crippen molar-refractivity contribution in [3.05, 3.63) is 70.3 Å². The predicted molar refractivity (Wildman–Crippen MR) is 158 cm³/mol. The summed E-state index contributed by atoms with van der Waals surface area (Å²) >= 11 is 6.29. The zero-order valence-corrected chi connectivity index (χ0v) is 24.8. The normalized spacial score (nSPS) is 27.4. The zero-order valence-electron chi connectivity index (χ0n) is 23.2. The summed E-state index contributed by atoms with van der Waals surface area (Å²) in [6, 6.07) is 11.0. The lowest BCUT2D eigenvalue weighted by molar-refractivity contribution is 0.0461. The van der Waals surface area contributed by atoms with Crippen molar-refractivity contribution in [1.82, 2.24) is 4.72 Å². The van der Waals surface area contributed by atoms with E-state index in [1.54, 1.807) is 32.0 Å². The SMILES string of the molecule is CC1(C)CC/C=C/[C@H](O)[C@@H]2CC[C@H]2CN2CCCCc3cc(Cl)ccc3COc3ccc(cc32)C(=O)NS1(=O)=O. The lowest BCUT2D eigenvalue weighted by Gasteiger charge is -2.42. The van der Waals surface area contributed by atoms with E-state index in [1.807, 2.05) is 30.4 Å². The third-order valence-electron chi connectivity index (χ3n) is 8.81. The van der Waals surface area contributed by atoms with Crippen LogP contribution in [0.15, 0.2) is 48.6 Å². The van der Waals surface area contributed by atoms with E-state index in [-0.39, 0.29) is 11.5 Å². The number of ether oxygens (including phenoxy) is 1. The average Bonchev–Trinajstić information content (AvgIpc) is 2.91. The van der Waals surface area contributed by atoms with Crippen LogP contribution in [-0.2, 0) is 23.1 Å². The van der Waals surface area contributed by atoms with E-state index in [9.17, 15) is 18.3 Å². The molecular weight excluding hydrogens is 548 g/mol. The molecule has 1 saturated carbocycles. The minimum Gasteiger partial charge on any atom is -0.487 e. The lowest BCUT2D eigenvalue weighted by Crippen LogP contribution is -2.45. The van der Waals surface area contributed by atoms with Gasteiger partial charge in [0.15, 0.2) is 0 Å². The number of nitrogens with zero attached hydrogens (tertiary/aromatic N) is 1. The van der Waals surface area contributed by atoms with Gasteiger partial charge in [0, 0.05) is 23.7 Å². The number of aryl methyl sites for hydroxylation is 1. The molecule has 9 heteroatoms. The molecular formula is C31H39ClN2O5S. The van der Waals surface area contributed by atoms with Gasteiger partial charge in [-0.25, -0.2) is 13.1 Å². The number of fused-ring (bicyclic) bond motifs is 3. The highest BCUT2D eigenvalue weighted by atomic mass is 35.5. The second-order valence-corrected chi connectivity index (χ2v) is 14.7. The number of aliphatic hydroxyl groups is 1. The summed E-state index contributed by atoms with van der Waals surface area (Å²) in [6.45, 7) is 5.07. The molecule has 216 valence electrons. The molecule has 2 aliphatic heterocycles. The second kappa shape index (κ2) is 11.7. The minimum absolute atomic E-state index is 0.140. The number of hydrogen-bond donors (Lipinski definition) is 2. The third kappa shape index (κ3) is 6.19. The van der Waals surface area contributed by atoms with E-state index < -0.39 is 26.8 Å². The molecule has 2 heterocycles. The van der Waals surface area contributed by atoms with Crippen LogP contribution < -0.4 is 14.4 Å². The number of carbonyl (C=O) groups is 1. The molecule has 1 amide bonds. The number of rotatable bonds is 0. The van der Waals surface area contributed by atoms with Crippen LogP contribution in [0, 0.1) is 11.8 Å². The van der Waals surface area contributed by atoms with E-state index >= 15 is 0 Å². The Kier molecular flexibility index (Phi) is 8.50. The van der Waals surface area contributed by atoms with E-state index in [4.69, 9.17) is 16.3 Å². The number of carbonyl (C=O) groups excluding carboxylic acids is 1. The quantitative estimate of drug-likeness (QED) is 0.388. The van der Waals surface area contributed by atoms with Gasteiger partial charge >= 0.3 is 0 Å². The predicted octanol–water partition coefficient (Wildman–Crippen LogP) is 5.64. The van der Waals surface area contributed by atoms with E-state index in [1.165, 1.54) is 5.56 Å². The Labute approximate surface area is 242 Å². The van der Waals surface area contributed by atoms with Gasteiger partial charge in [-0.2, -0.15) is 0 Å². The molecule has 40 heavy (non-hydrogen) atoms. The van der Waals surface area contributed by atoms with Gasteiger partial charge in [0.2, 0.25) is 10.0 Å². The Morgan fingerprint density at radius 2 is 1.93 bits per heavy atom. The topological polar surface area (TPSA) is 95.9 Å². The van der Waals surface area contributed by atoms with Crippen LogP contribution in [0.25, 0.3) is 0 Å². The molecule has 0 radical (unpaired) electrons. The fraction of sp³-hybridized carbons (Fsp3) is 0.516. The lowest BCUT2D eigenvalue weighted by atomic mass is 9.70. The molecule has 0 aromatic heterocycles. The Balaban J connectivity index is 1.54. The van der Waals surface area contributed by atoms with Gasteiger partial charge < -0.3 is 14.7 Å². The highest BCUT2D eigenvalue weighted by Crippen LogP contribution is 2.41. The van der Waals surface area contributed by atoms with E-state index in [0.29, 0.717) is 36.1 Å².